The van der Waals surface area contributed by atoms with Crippen molar-refractivity contribution in [1.29, 1.82) is 0 Å². The number of hydrogen-bond acceptors (Lipinski definition) is 6. The predicted octanol–water partition coefficient (Wildman–Crippen LogP) is 4.73. The van der Waals surface area contributed by atoms with E-state index in [4.69, 9.17) is 11.6 Å². The summed E-state index contributed by atoms with van der Waals surface area (Å²) in [4.78, 5) is 26.1. The van der Waals surface area contributed by atoms with E-state index in [9.17, 15) is 9.59 Å². The number of anilines is 1. The van der Waals surface area contributed by atoms with Crippen LogP contribution in [0.5, 0.6) is 0 Å². The number of carbonyl (C=O) groups excluding carboxylic acids is 2. The van der Waals surface area contributed by atoms with Crippen LogP contribution in [0.1, 0.15) is 37.4 Å². The van der Waals surface area contributed by atoms with Gasteiger partial charge in [0, 0.05) is 28.3 Å². The number of hydrogen-bond donors (Lipinski definition) is 1. The van der Waals surface area contributed by atoms with E-state index in [0.717, 1.165) is 17.3 Å². The van der Waals surface area contributed by atoms with Crippen molar-refractivity contribution in [3.63, 3.8) is 0 Å². The molecule has 1 N–H and O–H groups in total. The first kappa shape index (κ1) is 17.0. The van der Waals surface area contributed by atoms with Gasteiger partial charge in [-0.1, -0.05) is 48.0 Å². The van der Waals surface area contributed by atoms with E-state index in [0.29, 0.717) is 50.5 Å². The highest BCUT2D eigenvalue weighted by Gasteiger charge is 2.33. The monoisotopic (exact) mass is 405 g/mol. The first-order valence-electron chi connectivity index (χ1n) is 8.59. The molecule has 3 aromatic carbocycles. The molecule has 136 valence electrons. The topological polar surface area (TPSA) is 72.0 Å². The van der Waals surface area contributed by atoms with Crippen LogP contribution in [0.2, 0.25) is 5.02 Å². The van der Waals surface area contributed by atoms with Crippen LogP contribution in [0.4, 0.5) is 5.69 Å². The van der Waals surface area contributed by atoms with Gasteiger partial charge in [-0.25, -0.2) is 0 Å². The fourth-order valence-electron chi connectivity index (χ4n) is 3.44. The average Bonchev–Trinajstić information content (AvgIpc) is 3.21. The Morgan fingerprint density at radius 2 is 1.54 bits per heavy atom. The van der Waals surface area contributed by atoms with Crippen molar-refractivity contribution in [2.75, 3.05) is 5.32 Å². The number of aromatic nitrogens is 2. The molecule has 0 unspecified atom stereocenters. The number of ketones is 2. The minimum atomic E-state index is -0.188. The van der Waals surface area contributed by atoms with Crippen molar-refractivity contribution in [2.45, 2.75) is 6.54 Å². The maximum absolute atomic E-state index is 13.0. The van der Waals surface area contributed by atoms with Crippen molar-refractivity contribution >= 4 is 51.6 Å². The summed E-state index contributed by atoms with van der Waals surface area (Å²) in [6, 6.07) is 16.1. The molecule has 0 fully saturated rings. The van der Waals surface area contributed by atoms with Gasteiger partial charge < -0.3 is 5.32 Å². The fraction of sp³-hybridized carbons (Fsp3) is 0.0476. The van der Waals surface area contributed by atoms with Crippen LogP contribution >= 0.6 is 23.3 Å². The molecule has 1 aliphatic carbocycles. The van der Waals surface area contributed by atoms with Crippen LogP contribution in [0, 0.1) is 0 Å². The zero-order chi connectivity index (χ0) is 19.3. The molecule has 1 aromatic heterocycles. The Hall–Kier alpha value is -3.09. The van der Waals surface area contributed by atoms with Gasteiger partial charge in [0.2, 0.25) is 0 Å². The van der Waals surface area contributed by atoms with Gasteiger partial charge in [0.25, 0.3) is 0 Å². The summed E-state index contributed by atoms with van der Waals surface area (Å²) in [6.07, 6.45) is 0. The van der Waals surface area contributed by atoms with E-state index in [-0.39, 0.29) is 11.6 Å². The third-order valence-electron chi connectivity index (χ3n) is 4.82. The lowest BCUT2D eigenvalue weighted by molar-refractivity contribution is 0.0980. The molecule has 0 spiro atoms. The second-order valence-corrected chi connectivity index (χ2v) is 7.46. The summed E-state index contributed by atoms with van der Waals surface area (Å²) >= 11 is 6.96. The smallest absolute Gasteiger partial charge is 0.196 e. The van der Waals surface area contributed by atoms with E-state index in [1.54, 1.807) is 30.3 Å². The molecular weight excluding hydrogens is 394 g/mol. The van der Waals surface area contributed by atoms with Crippen LogP contribution in [-0.4, -0.2) is 20.3 Å². The number of benzene rings is 3. The quantitative estimate of drug-likeness (QED) is 0.469. The summed E-state index contributed by atoms with van der Waals surface area (Å²) in [5, 5.41) is 3.99. The van der Waals surface area contributed by atoms with Crippen LogP contribution in [0.3, 0.4) is 0 Å². The lowest BCUT2D eigenvalue weighted by atomic mass is 9.83. The molecule has 0 amide bonds. The Labute approximate surface area is 169 Å². The Kier molecular flexibility index (Phi) is 3.96. The van der Waals surface area contributed by atoms with Crippen LogP contribution < -0.4 is 5.32 Å². The second-order valence-electron chi connectivity index (χ2n) is 6.49. The molecule has 7 heteroatoms. The number of fused-ring (bicyclic) bond motifs is 4. The highest BCUT2D eigenvalue weighted by atomic mass is 35.5. The van der Waals surface area contributed by atoms with Gasteiger partial charge in [-0.2, -0.15) is 8.75 Å². The third-order valence-corrected chi connectivity index (χ3v) is 5.60. The Balaban J connectivity index is 1.61. The summed E-state index contributed by atoms with van der Waals surface area (Å²) in [7, 11) is 0. The molecule has 0 saturated carbocycles. The zero-order valence-electron chi connectivity index (χ0n) is 14.4. The molecule has 1 aliphatic rings. The van der Waals surface area contributed by atoms with Crippen LogP contribution in [0.15, 0.2) is 54.6 Å². The largest absolute Gasteiger partial charge is 0.379 e. The van der Waals surface area contributed by atoms with Gasteiger partial charge in [-0.05, 0) is 23.8 Å². The summed E-state index contributed by atoms with van der Waals surface area (Å²) in [6.45, 7) is 0.529. The summed E-state index contributed by atoms with van der Waals surface area (Å²) in [5.74, 6) is -0.359. The molecule has 0 bridgehead atoms. The lowest BCUT2D eigenvalue weighted by Crippen LogP contribution is -2.21. The Bertz CT molecular complexity index is 1260. The maximum atomic E-state index is 13.0. The molecule has 5 rings (SSSR count). The maximum Gasteiger partial charge on any atom is 0.196 e. The van der Waals surface area contributed by atoms with Crippen molar-refractivity contribution < 1.29 is 9.59 Å². The standard InChI is InChI=1S/C21H12ClN3O2S/c22-12-7-5-11(6-8-12)10-23-16-9-15-17(19-18(16)24-28-25-19)21(27)14-4-2-1-3-13(14)20(15)26/h1-9,23H,10H2. The summed E-state index contributed by atoms with van der Waals surface area (Å²) in [5.41, 5.74) is 4.31. The first-order chi connectivity index (χ1) is 13.6. The number of nitrogens with zero attached hydrogens (tertiary/aromatic N) is 2. The van der Waals surface area contributed by atoms with E-state index in [1.807, 2.05) is 24.3 Å². The van der Waals surface area contributed by atoms with E-state index >= 15 is 0 Å². The highest BCUT2D eigenvalue weighted by molar-refractivity contribution is 7.00. The molecule has 1 heterocycles. The van der Waals surface area contributed by atoms with Gasteiger partial charge in [0.15, 0.2) is 11.6 Å². The number of nitrogens with one attached hydrogen (secondary N) is 1. The van der Waals surface area contributed by atoms with Crippen LogP contribution in [-0.2, 0) is 6.54 Å². The normalized spacial score (nSPS) is 12.8. The van der Waals surface area contributed by atoms with Gasteiger partial charge in [-0.15, -0.1) is 0 Å². The molecular formula is C21H12ClN3O2S. The number of halogens is 1. The minimum absolute atomic E-state index is 0.172. The summed E-state index contributed by atoms with van der Waals surface area (Å²) < 4.78 is 8.67. The zero-order valence-corrected chi connectivity index (χ0v) is 16.0. The molecule has 28 heavy (non-hydrogen) atoms. The second kappa shape index (κ2) is 6.51. The molecule has 0 atom stereocenters. The van der Waals surface area contributed by atoms with E-state index in [2.05, 4.69) is 14.1 Å². The van der Waals surface area contributed by atoms with Crippen LogP contribution in [0.25, 0.3) is 11.0 Å². The van der Waals surface area contributed by atoms with Gasteiger partial charge in [0.05, 0.1) is 23.0 Å². The van der Waals surface area contributed by atoms with Crippen molar-refractivity contribution in [2.24, 2.45) is 0 Å². The van der Waals surface area contributed by atoms with E-state index < -0.39 is 0 Å². The Morgan fingerprint density at radius 3 is 2.29 bits per heavy atom. The third kappa shape index (κ3) is 2.61. The first-order valence-corrected chi connectivity index (χ1v) is 9.70. The number of rotatable bonds is 3. The predicted molar refractivity (Wildman–Crippen MR) is 110 cm³/mol. The molecule has 0 radical (unpaired) electrons. The minimum Gasteiger partial charge on any atom is -0.379 e. The van der Waals surface area contributed by atoms with Crippen molar-refractivity contribution in [3.8, 4) is 0 Å². The fourth-order valence-corrected chi connectivity index (χ4v) is 4.14. The van der Waals surface area contributed by atoms with Gasteiger partial charge >= 0.3 is 0 Å². The Morgan fingerprint density at radius 1 is 0.857 bits per heavy atom. The SMILES string of the molecule is O=C1c2ccccc2C(=O)c2c1cc(NCc1ccc(Cl)cc1)c1nsnc21. The van der Waals surface area contributed by atoms with Gasteiger partial charge in [0.1, 0.15) is 11.0 Å². The highest BCUT2D eigenvalue weighted by Crippen LogP contribution is 2.35. The van der Waals surface area contributed by atoms with E-state index in [1.165, 1.54) is 0 Å². The van der Waals surface area contributed by atoms with Crippen molar-refractivity contribution in [1.82, 2.24) is 8.75 Å². The molecule has 0 aliphatic heterocycles. The molecule has 5 nitrogen and oxygen atoms in total. The molecule has 0 saturated heterocycles. The average molecular weight is 406 g/mol. The van der Waals surface area contributed by atoms with Crippen molar-refractivity contribution in [3.05, 3.63) is 87.4 Å². The lowest BCUT2D eigenvalue weighted by Gasteiger charge is -2.19. The number of carbonyl (C=O) groups is 2. The van der Waals surface area contributed by atoms with Gasteiger partial charge in [-0.3, -0.25) is 9.59 Å². The molecule has 4 aromatic rings.